The second-order valence-corrected chi connectivity index (χ2v) is 3.57. The maximum atomic E-state index is 11.6. The average Bonchev–Trinajstić information content (AvgIpc) is 2.29. The molecule has 0 atom stereocenters. The van der Waals surface area contributed by atoms with Crippen LogP contribution < -0.4 is 4.74 Å². The molecule has 0 aromatic heterocycles. The number of carbonyl (C=O) groups excluding carboxylic acids is 1. The van der Waals surface area contributed by atoms with E-state index in [0.717, 1.165) is 0 Å². The van der Waals surface area contributed by atoms with E-state index >= 15 is 0 Å². The molecule has 1 aromatic rings. The SMILES string of the molecule is CCOc1ccc(C(=O)CCC#N)cc1Cl. The fraction of sp³-hybridized carbons (Fsp3) is 0.333. The van der Waals surface area contributed by atoms with Gasteiger partial charge in [0, 0.05) is 18.4 Å². The minimum atomic E-state index is -0.0773. The van der Waals surface area contributed by atoms with Crippen LogP contribution in [0, 0.1) is 11.3 Å². The van der Waals surface area contributed by atoms with Crippen LogP contribution in [0.3, 0.4) is 0 Å². The molecule has 3 nitrogen and oxygen atoms in total. The lowest BCUT2D eigenvalue weighted by Crippen LogP contribution is -1.99. The summed E-state index contributed by atoms with van der Waals surface area (Å²) in [6.45, 7) is 2.39. The summed E-state index contributed by atoms with van der Waals surface area (Å²) in [7, 11) is 0. The Kier molecular flexibility index (Phi) is 4.81. The third kappa shape index (κ3) is 3.25. The van der Waals surface area contributed by atoms with Crippen molar-refractivity contribution in [3.63, 3.8) is 0 Å². The summed E-state index contributed by atoms with van der Waals surface area (Å²) in [6, 6.07) is 6.85. The van der Waals surface area contributed by atoms with Gasteiger partial charge in [0.2, 0.25) is 0 Å². The van der Waals surface area contributed by atoms with Gasteiger partial charge in [-0.2, -0.15) is 5.26 Å². The number of nitriles is 1. The van der Waals surface area contributed by atoms with Gasteiger partial charge in [0.15, 0.2) is 5.78 Å². The number of rotatable bonds is 5. The minimum Gasteiger partial charge on any atom is -0.492 e. The molecule has 0 aliphatic rings. The van der Waals surface area contributed by atoms with E-state index in [1.807, 2.05) is 13.0 Å². The van der Waals surface area contributed by atoms with E-state index in [1.54, 1.807) is 18.2 Å². The Hall–Kier alpha value is -1.53. The lowest BCUT2D eigenvalue weighted by atomic mass is 10.1. The predicted octanol–water partition coefficient (Wildman–Crippen LogP) is 3.23. The van der Waals surface area contributed by atoms with E-state index in [-0.39, 0.29) is 18.6 Å². The van der Waals surface area contributed by atoms with Crippen LogP contribution in [0.4, 0.5) is 0 Å². The van der Waals surface area contributed by atoms with E-state index in [4.69, 9.17) is 21.6 Å². The van der Waals surface area contributed by atoms with Crippen molar-refractivity contribution in [2.75, 3.05) is 6.61 Å². The first-order valence-electron chi connectivity index (χ1n) is 5.01. The highest BCUT2D eigenvalue weighted by Crippen LogP contribution is 2.26. The molecule has 0 bridgehead atoms. The van der Waals surface area contributed by atoms with Gasteiger partial charge in [-0.3, -0.25) is 4.79 Å². The molecule has 0 fully saturated rings. The number of Topliss-reactive ketones (excluding diaryl/α,β-unsaturated/α-hetero) is 1. The summed E-state index contributed by atoms with van der Waals surface area (Å²) in [5.41, 5.74) is 0.517. The molecule has 0 unspecified atom stereocenters. The fourth-order valence-electron chi connectivity index (χ4n) is 1.26. The highest BCUT2D eigenvalue weighted by Gasteiger charge is 2.08. The topological polar surface area (TPSA) is 50.1 Å². The third-order valence-corrected chi connectivity index (χ3v) is 2.31. The summed E-state index contributed by atoms with van der Waals surface area (Å²) in [4.78, 5) is 11.6. The Morgan fingerprint density at radius 3 is 2.88 bits per heavy atom. The highest BCUT2D eigenvalue weighted by molar-refractivity contribution is 6.32. The van der Waals surface area contributed by atoms with Crippen molar-refractivity contribution in [3.8, 4) is 11.8 Å². The molecule has 16 heavy (non-hydrogen) atoms. The smallest absolute Gasteiger partial charge is 0.163 e. The van der Waals surface area contributed by atoms with Crippen molar-refractivity contribution < 1.29 is 9.53 Å². The Labute approximate surface area is 99.6 Å². The predicted molar refractivity (Wildman–Crippen MR) is 61.8 cm³/mol. The number of nitrogens with zero attached hydrogens (tertiary/aromatic N) is 1. The molecule has 0 heterocycles. The van der Waals surface area contributed by atoms with Crippen molar-refractivity contribution in [1.29, 1.82) is 5.26 Å². The molecule has 1 aromatic carbocycles. The largest absolute Gasteiger partial charge is 0.492 e. The molecule has 0 saturated carbocycles. The van der Waals surface area contributed by atoms with Gasteiger partial charge in [0.25, 0.3) is 0 Å². The van der Waals surface area contributed by atoms with E-state index in [2.05, 4.69) is 0 Å². The van der Waals surface area contributed by atoms with Crippen LogP contribution in [0.15, 0.2) is 18.2 Å². The number of hydrogen-bond acceptors (Lipinski definition) is 3. The molecule has 1 rings (SSSR count). The fourth-order valence-corrected chi connectivity index (χ4v) is 1.50. The zero-order valence-electron chi connectivity index (χ0n) is 9.00. The summed E-state index contributed by atoms with van der Waals surface area (Å²) in [6.07, 6.45) is 0.449. The maximum Gasteiger partial charge on any atom is 0.163 e. The van der Waals surface area contributed by atoms with Gasteiger partial charge in [-0.25, -0.2) is 0 Å². The van der Waals surface area contributed by atoms with Crippen molar-refractivity contribution in [2.45, 2.75) is 19.8 Å². The Morgan fingerprint density at radius 2 is 2.31 bits per heavy atom. The molecule has 0 amide bonds. The summed E-state index contributed by atoms with van der Waals surface area (Å²) < 4.78 is 5.26. The van der Waals surface area contributed by atoms with Crippen molar-refractivity contribution in [2.24, 2.45) is 0 Å². The molecular weight excluding hydrogens is 226 g/mol. The first-order chi connectivity index (χ1) is 7.69. The number of hydrogen-bond donors (Lipinski definition) is 0. The maximum absolute atomic E-state index is 11.6. The quantitative estimate of drug-likeness (QED) is 0.739. The van der Waals surface area contributed by atoms with Crippen LogP contribution in [0.2, 0.25) is 5.02 Å². The average molecular weight is 238 g/mol. The molecule has 0 aliphatic heterocycles. The summed E-state index contributed by atoms with van der Waals surface area (Å²) in [5.74, 6) is 0.493. The molecule has 0 N–H and O–H groups in total. The number of carbonyl (C=O) groups is 1. The van der Waals surface area contributed by atoms with Crippen LogP contribution in [0.5, 0.6) is 5.75 Å². The van der Waals surface area contributed by atoms with Gasteiger partial charge in [0.05, 0.1) is 17.7 Å². The number of ether oxygens (including phenoxy) is 1. The molecule has 4 heteroatoms. The molecule has 0 spiro atoms. The Morgan fingerprint density at radius 1 is 1.56 bits per heavy atom. The van der Waals surface area contributed by atoms with Gasteiger partial charge in [0.1, 0.15) is 5.75 Å². The molecule has 0 aliphatic carbocycles. The van der Waals surface area contributed by atoms with E-state index < -0.39 is 0 Å². The molecule has 0 radical (unpaired) electrons. The van der Waals surface area contributed by atoms with E-state index in [0.29, 0.717) is 22.9 Å². The van der Waals surface area contributed by atoms with Gasteiger partial charge >= 0.3 is 0 Å². The Bertz CT molecular complexity index is 424. The van der Waals surface area contributed by atoms with Gasteiger partial charge in [-0.05, 0) is 25.1 Å². The Balaban J connectivity index is 2.80. The van der Waals surface area contributed by atoms with Crippen LogP contribution in [0.25, 0.3) is 0 Å². The molecule has 0 saturated heterocycles. The highest BCUT2D eigenvalue weighted by atomic mass is 35.5. The van der Waals surface area contributed by atoms with Crippen LogP contribution >= 0.6 is 11.6 Å². The van der Waals surface area contributed by atoms with Crippen molar-refractivity contribution in [3.05, 3.63) is 28.8 Å². The van der Waals surface area contributed by atoms with Gasteiger partial charge in [-0.15, -0.1) is 0 Å². The zero-order valence-corrected chi connectivity index (χ0v) is 9.75. The first kappa shape index (κ1) is 12.5. The van der Waals surface area contributed by atoms with Crippen molar-refractivity contribution in [1.82, 2.24) is 0 Å². The number of benzene rings is 1. The van der Waals surface area contributed by atoms with E-state index in [9.17, 15) is 4.79 Å². The van der Waals surface area contributed by atoms with Gasteiger partial charge < -0.3 is 4.74 Å². The first-order valence-corrected chi connectivity index (χ1v) is 5.39. The lowest BCUT2D eigenvalue weighted by Gasteiger charge is -2.06. The summed E-state index contributed by atoms with van der Waals surface area (Å²) in [5, 5.41) is 8.80. The number of ketones is 1. The molecule has 84 valence electrons. The monoisotopic (exact) mass is 237 g/mol. The second-order valence-electron chi connectivity index (χ2n) is 3.16. The minimum absolute atomic E-state index is 0.0773. The van der Waals surface area contributed by atoms with Crippen molar-refractivity contribution >= 4 is 17.4 Å². The molecular formula is C12H12ClNO2. The zero-order chi connectivity index (χ0) is 12.0. The second kappa shape index (κ2) is 6.14. The lowest BCUT2D eigenvalue weighted by molar-refractivity contribution is 0.0984. The summed E-state index contributed by atoms with van der Waals surface area (Å²) >= 11 is 5.94. The van der Waals surface area contributed by atoms with Crippen LogP contribution in [0.1, 0.15) is 30.1 Å². The number of halogens is 1. The van der Waals surface area contributed by atoms with E-state index in [1.165, 1.54) is 0 Å². The normalized spacial score (nSPS) is 9.56. The van der Waals surface area contributed by atoms with Gasteiger partial charge in [-0.1, -0.05) is 11.6 Å². The van der Waals surface area contributed by atoms with Crippen LogP contribution in [-0.4, -0.2) is 12.4 Å². The standard InChI is InChI=1S/C12H12ClNO2/c1-2-16-12-6-5-9(8-10(12)13)11(15)4-3-7-14/h5-6,8H,2-4H2,1H3. The third-order valence-electron chi connectivity index (χ3n) is 2.02. The van der Waals surface area contributed by atoms with Crippen LogP contribution in [-0.2, 0) is 0 Å².